The van der Waals surface area contributed by atoms with Crippen LogP contribution in [0.4, 0.5) is 0 Å². The first-order chi connectivity index (χ1) is 16.7. The summed E-state index contributed by atoms with van der Waals surface area (Å²) in [4.78, 5) is 2.22. The summed E-state index contributed by atoms with van der Waals surface area (Å²) >= 11 is 0. The van der Waals surface area contributed by atoms with E-state index >= 15 is 0 Å². The minimum Gasteiger partial charge on any atom is -0.380 e. The smallest absolute Gasteiger partial charge is 0.0644 e. The maximum Gasteiger partial charge on any atom is 0.0644 e. The summed E-state index contributed by atoms with van der Waals surface area (Å²) in [5, 5.41) is 0. The topological polar surface area (TPSA) is 21.7 Å². The second-order valence-corrected chi connectivity index (χ2v) is 9.73. The summed E-state index contributed by atoms with van der Waals surface area (Å²) in [6.45, 7) is 7.71. The van der Waals surface area contributed by atoms with E-state index in [1.54, 1.807) is 0 Å². The van der Waals surface area contributed by atoms with E-state index in [2.05, 4.69) is 69.3 Å². The fourth-order valence-electron chi connectivity index (χ4n) is 3.73. The summed E-state index contributed by atoms with van der Waals surface area (Å²) in [7, 11) is 4.24. The molecule has 0 aliphatic rings. The van der Waals surface area contributed by atoms with Crippen LogP contribution < -0.4 is 0 Å². The predicted octanol–water partition coefficient (Wildman–Crippen LogP) is 8.90. The van der Waals surface area contributed by atoms with E-state index in [4.69, 9.17) is 9.47 Å². The minimum absolute atomic E-state index is 0.351. The number of hydrogen-bond acceptors (Lipinski definition) is 3. The maximum absolute atomic E-state index is 5.95. The van der Waals surface area contributed by atoms with Crippen LogP contribution in [0.25, 0.3) is 0 Å². The Balaban J connectivity index is 3.47. The fourth-order valence-corrected chi connectivity index (χ4v) is 3.73. The first-order valence-corrected chi connectivity index (χ1v) is 14.5. The molecule has 200 valence electrons. The molecule has 0 amide bonds. The molecule has 0 spiro atoms. The molecule has 3 heteroatoms. The lowest BCUT2D eigenvalue weighted by Crippen LogP contribution is -2.37. The highest BCUT2D eigenvalue weighted by Crippen LogP contribution is 2.09. The number of unbranched alkanes of at least 4 members (excludes halogenated alkanes) is 11. The van der Waals surface area contributed by atoms with E-state index in [-0.39, 0.29) is 0 Å². The van der Waals surface area contributed by atoms with Crippen molar-refractivity contribution in [2.24, 2.45) is 0 Å². The molecule has 0 saturated heterocycles. The van der Waals surface area contributed by atoms with Gasteiger partial charge in [0.15, 0.2) is 0 Å². The van der Waals surface area contributed by atoms with Crippen molar-refractivity contribution in [2.75, 3.05) is 40.5 Å². The van der Waals surface area contributed by atoms with Crippen LogP contribution >= 0.6 is 0 Å². The van der Waals surface area contributed by atoms with E-state index in [0.717, 1.165) is 45.7 Å². The average Bonchev–Trinajstić information content (AvgIpc) is 2.83. The molecule has 0 aromatic heterocycles. The third-order valence-corrected chi connectivity index (χ3v) is 6.15. The zero-order valence-electron chi connectivity index (χ0n) is 23.4. The molecular formula is C31H59NO2. The van der Waals surface area contributed by atoms with Crippen LogP contribution in [0.2, 0.25) is 0 Å². The zero-order chi connectivity index (χ0) is 25.0. The van der Waals surface area contributed by atoms with Crippen LogP contribution in [0, 0.1) is 0 Å². The normalized spacial score (nSPS) is 13.3. The first-order valence-electron chi connectivity index (χ1n) is 14.5. The largest absolute Gasteiger partial charge is 0.380 e. The van der Waals surface area contributed by atoms with Crippen molar-refractivity contribution < 1.29 is 9.47 Å². The van der Waals surface area contributed by atoms with Gasteiger partial charge in [-0.3, -0.25) is 0 Å². The third-order valence-electron chi connectivity index (χ3n) is 6.15. The van der Waals surface area contributed by atoms with E-state index < -0.39 is 0 Å². The van der Waals surface area contributed by atoms with Gasteiger partial charge in [-0.2, -0.15) is 0 Å². The van der Waals surface area contributed by atoms with Crippen LogP contribution in [0.5, 0.6) is 0 Å². The highest BCUT2D eigenvalue weighted by atomic mass is 16.5. The molecule has 0 aliphatic heterocycles. The average molecular weight is 478 g/mol. The Bertz CT molecular complexity index is 470. The van der Waals surface area contributed by atoms with E-state index in [0.29, 0.717) is 6.04 Å². The molecule has 0 aromatic carbocycles. The minimum atomic E-state index is 0.351. The SMILES string of the molecule is CC/C=C\CCCCOC[C@H](COCCCCCCCC/C=C\C/C=C\CCCCC)N(C)C. The van der Waals surface area contributed by atoms with Crippen molar-refractivity contribution in [2.45, 2.75) is 123 Å². The Morgan fingerprint density at radius 2 is 1.03 bits per heavy atom. The summed E-state index contributed by atoms with van der Waals surface area (Å²) in [6, 6.07) is 0.351. The monoisotopic (exact) mass is 477 g/mol. The second-order valence-electron chi connectivity index (χ2n) is 9.73. The van der Waals surface area contributed by atoms with Crippen molar-refractivity contribution in [3.63, 3.8) is 0 Å². The second kappa shape index (κ2) is 28.3. The number of hydrogen-bond donors (Lipinski definition) is 0. The molecule has 0 bridgehead atoms. The van der Waals surface area contributed by atoms with Gasteiger partial charge in [-0.05, 0) is 78.3 Å². The van der Waals surface area contributed by atoms with Crippen LogP contribution in [0.3, 0.4) is 0 Å². The molecular weight excluding hydrogens is 418 g/mol. The van der Waals surface area contributed by atoms with Crippen molar-refractivity contribution in [1.29, 1.82) is 0 Å². The maximum atomic E-state index is 5.95. The Morgan fingerprint density at radius 1 is 0.559 bits per heavy atom. The van der Waals surface area contributed by atoms with E-state index in [9.17, 15) is 0 Å². The third kappa shape index (κ3) is 25.7. The summed E-state index contributed by atoms with van der Waals surface area (Å²) < 4.78 is 11.9. The Morgan fingerprint density at radius 3 is 1.59 bits per heavy atom. The Labute approximate surface area is 214 Å². The molecule has 0 rings (SSSR count). The fraction of sp³-hybridized carbons (Fsp3) is 0.806. The van der Waals surface area contributed by atoms with Gasteiger partial charge in [0.2, 0.25) is 0 Å². The van der Waals surface area contributed by atoms with Gasteiger partial charge in [-0.1, -0.05) is 88.8 Å². The lowest BCUT2D eigenvalue weighted by atomic mass is 10.1. The van der Waals surface area contributed by atoms with Gasteiger partial charge in [0.05, 0.1) is 19.3 Å². The summed E-state index contributed by atoms with van der Waals surface area (Å²) in [5.41, 5.74) is 0. The van der Waals surface area contributed by atoms with Gasteiger partial charge in [0.25, 0.3) is 0 Å². The lowest BCUT2D eigenvalue weighted by Gasteiger charge is -2.24. The van der Waals surface area contributed by atoms with Gasteiger partial charge >= 0.3 is 0 Å². The van der Waals surface area contributed by atoms with Gasteiger partial charge in [0, 0.05) is 13.2 Å². The molecule has 3 nitrogen and oxygen atoms in total. The van der Waals surface area contributed by atoms with Crippen molar-refractivity contribution in [3.8, 4) is 0 Å². The van der Waals surface area contributed by atoms with Crippen LogP contribution in [-0.4, -0.2) is 51.5 Å². The van der Waals surface area contributed by atoms with Crippen LogP contribution in [-0.2, 0) is 9.47 Å². The molecule has 0 aromatic rings. The van der Waals surface area contributed by atoms with Crippen molar-refractivity contribution >= 4 is 0 Å². The predicted molar refractivity (Wildman–Crippen MR) is 152 cm³/mol. The Hall–Kier alpha value is -0.900. The summed E-state index contributed by atoms with van der Waals surface area (Å²) in [5.74, 6) is 0. The lowest BCUT2D eigenvalue weighted by molar-refractivity contribution is 0.0199. The molecule has 0 heterocycles. The van der Waals surface area contributed by atoms with Crippen LogP contribution in [0.15, 0.2) is 36.5 Å². The molecule has 0 fully saturated rings. The number of rotatable bonds is 26. The molecule has 0 N–H and O–H groups in total. The number of nitrogens with zero attached hydrogens (tertiary/aromatic N) is 1. The number of allylic oxidation sites excluding steroid dienone is 6. The van der Waals surface area contributed by atoms with Crippen molar-refractivity contribution in [3.05, 3.63) is 36.5 Å². The molecule has 0 unspecified atom stereocenters. The van der Waals surface area contributed by atoms with E-state index in [1.807, 2.05) is 0 Å². The molecule has 1 atom stereocenters. The molecule has 0 saturated carbocycles. The molecule has 34 heavy (non-hydrogen) atoms. The molecule has 0 radical (unpaired) electrons. The van der Waals surface area contributed by atoms with E-state index in [1.165, 1.54) is 83.5 Å². The first kappa shape index (κ1) is 33.1. The zero-order valence-corrected chi connectivity index (χ0v) is 23.4. The number of likely N-dealkylation sites (N-methyl/N-ethyl adjacent to an activating group) is 1. The highest BCUT2D eigenvalue weighted by molar-refractivity contribution is 4.92. The van der Waals surface area contributed by atoms with Gasteiger partial charge in [-0.15, -0.1) is 0 Å². The Kier molecular flexibility index (Phi) is 27.6. The van der Waals surface area contributed by atoms with Crippen LogP contribution in [0.1, 0.15) is 117 Å². The highest BCUT2D eigenvalue weighted by Gasteiger charge is 2.11. The summed E-state index contributed by atoms with van der Waals surface area (Å²) in [6.07, 6.45) is 34.0. The standard InChI is InChI=1S/C31H59NO2/c1-5-7-9-11-13-14-15-16-17-18-19-20-21-22-24-26-28-34-30-31(32(3)4)29-33-27-25-23-12-10-8-6-2/h8,10,13-14,16-17,31H,5-7,9,11-12,15,18-30H2,1-4H3/b10-8-,14-13-,17-16-/t31-/m1/s1. The van der Waals surface area contributed by atoms with Gasteiger partial charge < -0.3 is 14.4 Å². The number of ether oxygens (including phenoxy) is 2. The van der Waals surface area contributed by atoms with Crippen molar-refractivity contribution in [1.82, 2.24) is 4.90 Å². The quantitative estimate of drug-likeness (QED) is 0.0916. The van der Waals surface area contributed by atoms with Gasteiger partial charge in [-0.25, -0.2) is 0 Å². The molecule has 0 aliphatic carbocycles. The van der Waals surface area contributed by atoms with Gasteiger partial charge in [0.1, 0.15) is 0 Å².